The van der Waals surface area contributed by atoms with E-state index in [0.29, 0.717) is 0 Å². The Bertz CT molecular complexity index is 1390. The van der Waals surface area contributed by atoms with Gasteiger partial charge in [-0.15, -0.1) is 0 Å². The molecule has 0 aliphatic heterocycles. The Morgan fingerprint density at radius 3 is 0.875 bits per heavy atom. The molecule has 0 fully saturated rings. The molecule has 0 heteroatoms. The first kappa shape index (κ1) is 11.4. The smallest absolute Gasteiger partial charge is 0.00143 e. The van der Waals surface area contributed by atoms with Crippen molar-refractivity contribution in [3.63, 3.8) is 0 Å². The first-order valence-electron chi connectivity index (χ1n) is 8.46. The molecule has 24 heavy (non-hydrogen) atoms. The van der Waals surface area contributed by atoms with Crippen molar-refractivity contribution in [3.8, 4) is 0 Å². The fraction of sp³-hybridized carbons (Fsp3) is 0. The number of benzene rings is 5. The average molecular weight is 300 g/mol. The third-order valence-corrected chi connectivity index (χ3v) is 5.92. The van der Waals surface area contributed by atoms with Crippen LogP contribution in [0.4, 0.5) is 0 Å². The fourth-order valence-corrected chi connectivity index (χ4v) is 4.91. The molecule has 0 heterocycles. The highest BCUT2D eigenvalue weighted by Gasteiger charge is 2.16. The Hall–Kier alpha value is -3.12. The molecule has 0 unspecified atom stereocenters. The second-order valence-corrected chi connectivity index (χ2v) is 6.98. The summed E-state index contributed by atoms with van der Waals surface area (Å²) in [5, 5.41) is 16.6. The van der Waals surface area contributed by atoms with E-state index >= 15 is 0 Å². The molecule has 2 aliphatic rings. The molecule has 0 nitrogen and oxygen atoms in total. The van der Waals surface area contributed by atoms with E-state index in [1.807, 2.05) is 0 Å². The molecule has 0 spiro atoms. The van der Waals surface area contributed by atoms with Gasteiger partial charge < -0.3 is 0 Å². The summed E-state index contributed by atoms with van der Waals surface area (Å²) < 4.78 is 0. The number of hydrogen-bond donors (Lipinski definition) is 0. The first-order valence-corrected chi connectivity index (χ1v) is 8.46. The zero-order chi connectivity index (χ0) is 15.4. The molecular weight excluding hydrogens is 288 g/mol. The van der Waals surface area contributed by atoms with Gasteiger partial charge in [0.2, 0.25) is 0 Å². The van der Waals surface area contributed by atoms with Crippen molar-refractivity contribution < 1.29 is 0 Å². The standard InChI is InChI=1S/C24H12/c1-2-14-6-10-18-20-12-8-16-4-3-15-7-11-19(24(20)22(15)16)17-9-5-13(1)21(14)23(17)18/h1-12H. The van der Waals surface area contributed by atoms with Gasteiger partial charge in [-0.1, -0.05) is 72.8 Å². The molecule has 0 saturated heterocycles. The number of fused-ring (bicyclic) bond motifs is 2. The Kier molecular flexibility index (Phi) is 1.67. The van der Waals surface area contributed by atoms with Crippen LogP contribution in [0.15, 0.2) is 48.5 Å². The molecular formula is C24H12. The lowest BCUT2D eigenvalue weighted by Crippen LogP contribution is -2.11. The maximum atomic E-state index is 2.32. The van der Waals surface area contributed by atoms with E-state index in [4.69, 9.17) is 0 Å². The molecule has 0 aromatic heterocycles. The molecule has 0 radical (unpaired) electrons. The lowest BCUT2D eigenvalue weighted by Gasteiger charge is -2.14. The second kappa shape index (κ2) is 3.52. The molecule has 7 rings (SSSR count). The Labute approximate surface area is 137 Å². The minimum absolute atomic E-state index is 1.35. The summed E-state index contributed by atoms with van der Waals surface area (Å²) in [7, 11) is 0. The highest BCUT2D eigenvalue weighted by atomic mass is 14.2. The van der Waals surface area contributed by atoms with Gasteiger partial charge in [-0.25, -0.2) is 0 Å². The van der Waals surface area contributed by atoms with Gasteiger partial charge in [0, 0.05) is 0 Å². The minimum atomic E-state index is 1.35. The van der Waals surface area contributed by atoms with E-state index in [0.717, 1.165) is 0 Å². The van der Waals surface area contributed by atoms with Crippen molar-refractivity contribution in [1.82, 2.24) is 0 Å². The van der Waals surface area contributed by atoms with Gasteiger partial charge in [0.1, 0.15) is 0 Å². The topological polar surface area (TPSA) is 0 Å². The first-order chi connectivity index (χ1) is 11.9. The summed E-state index contributed by atoms with van der Waals surface area (Å²) >= 11 is 0. The number of hydrogen-bond acceptors (Lipinski definition) is 0. The Morgan fingerprint density at radius 1 is 0.292 bits per heavy atom. The van der Waals surface area contributed by atoms with Crippen molar-refractivity contribution in [1.29, 1.82) is 0 Å². The van der Waals surface area contributed by atoms with Crippen LogP contribution in [-0.2, 0) is 0 Å². The van der Waals surface area contributed by atoms with Crippen LogP contribution in [0.1, 0.15) is 0 Å². The van der Waals surface area contributed by atoms with Gasteiger partial charge in [0.15, 0.2) is 0 Å². The van der Waals surface area contributed by atoms with Crippen LogP contribution in [0.5, 0.6) is 0 Å². The number of rotatable bonds is 0. The van der Waals surface area contributed by atoms with Gasteiger partial charge >= 0.3 is 0 Å². The van der Waals surface area contributed by atoms with Crippen LogP contribution in [0.3, 0.4) is 0 Å². The Balaban J connectivity index is 2.01. The van der Waals surface area contributed by atoms with Gasteiger partial charge in [0.25, 0.3) is 0 Å². The zero-order valence-electron chi connectivity index (χ0n) is 12.9. The van der Waals surface area contributed by atoms with Crippen LogP contribution in [0.2, 0.25) is 0 Å². The third kappa shape index (κ3) is 1.08. The zero-order valence-corrected chi connectivity index (χ0v) is 12.9. The summed E-state index contributed by atoms with van der Waals surface area (Å²) in [5.41, 5.74) is 0. The summed E-state index contributed by atoms with van der Waals surface area (Å²) in [5.74, 6) is 0. The summed E-state index contributed by atoms with van der Waals surface area (Å²) in [4.78, 5) is 0. The highest BCUT2D eigenvalue weighted by molar-refractivity contribution is 6.33. The van der Waals surface area contributed by atoms with Crippen molar-refractivity contribution >= 4 is 67.4 Å². The van der Waals surface area contributed by atoms with E-state index in [9.17, 15) is 0 Å². The predicted molar refractivity (Wildman–Crippen MR) is 104 cm³/mol. The van der Waals surface area contributed by atoms with Crippen LogP contribution < -0.4 is 20.9 Å². The monoisotopic (exact) mass is 300 g/mol. The van der Waals surface area contributed by atoms with Gasteiger partial charge in [-0.05, 0) is 64.0 Å². The van der Waals surface area contributed by atoms with E-state index < -0.39 is 0 Å². The normalized spacial score (nSPS) is 14.3. The van der Waals surface area contributed by atoms with Gasteiger partial charge in [-0.3, -0.25) is 0 Å². The fourth-order valence-electron chi connectivity index (χ4n) is 4.91. The molecule has 108 valence electrons. The molecule has 0 N–H and O–H groups in total. The van der Waals surface area contributed by atoms with E-state index in [1.54, 1.807) is 0 Å². The predicted octanol–water partition coefficient (Wildman–Crippen LogP) is 2.89. The molecule has 0 saturated carbocycles. The van der Waals surface area contributed by atoms with Crippen molar-refractivity contribution in [2.24, 2.45) is 0 Å². The quantitative estimate of drug-likeness (QED) is 0.305. The van der Waals surface area contributed by atoms with Crippen molar-refractivity contribution in [2.75, 3.05) is 0 Å². The SMILES string of the molecule is C1=c2ccc3c4ccc5c6c(ccc(c7ccc(c2c37)=C1)c64)=CC=5. The minimum Gasteiger partial charge on any atom is -0.0537 e. The maximum Gasteiger partial charge on any atom is -0.00143 e. The molecule has 0 atom stereocenters. The molecule has 5 aromatic rings. The molecule has 5 aromatic carbocycles. The van der Waals surface area contributed by atoms with Crippen molar-refractivity contribution in [3.05, 3.63) is 69.4 Å². The highest BCUT2D eigenvalue weighted by Crippen LogP contribution is 2.37. The lowest BCUT2D eigenvalue weighted by molar-refractivity contribution is 1.68. The van der Waals surface area contributed by atoms with E-state index in [1.165, 1.54) is 64.0 Å². The lowest BCUT2D eigenvalue weighted by atomic mass is 9.89. The van der Waals surface area contributed by atoms with Crippen LogP contribution in [0, 0.1) is 0 Å². The molecule has 2 aliphatic carbocycles. The third-order valence-electron chi connectivity index (χ3n) is 5.92. The van der Waals surface area contributed by atoms with Crippen LogP contribution in [-0.4, -0.2) is 0 Å². The summed E-state index contributed by atoms with van der Waals surface area (Å²) in [6.07, 6.45) is 8.97. The van der Waals surface area contributed by atoms with Crippen LogP contribution in [0.25, 0.3) is 67.4 Å². The molecule has 0 bridgehead atoms. The van der Waals surface area contributed by atoms with Gasteiger partial charge in [-0.2, -0.15) is 0 Å². The summed E-state index contributed by atoms with van der Waals surface area (Å²) in [6.45, 7) is 0. The largest absolute Gasteiger partial charge is 0.0537 e. The van der Waals surface area contributed by atoms with Crippen LogP contribution >= 0.6 is 0 Å². The average Bonchev–Trinajstić information content (AvgIpc) is 3.24. The van der Waals surface area contributed by atoms with Crippen molar-refractivity contribution in [2.45, 2.75) is 0 Å². The van der Waals surface area contributed by atoms with Gasteiger partial charge in [0.05, 0.1) is 0 Å². The summed E-state index contributed by atoms with van der Waals surface area (Å²) in [6, 6.07) is 18.4. The second-order valence-electron chi connectivity index (χ2n) is 6.98. The van der Waals surface area contributed by atoms with E-state index in [-0.39, 0.29) is 0 Å². The Morgan fingerprint density at radius 2 is 0.583 bits per heavy atom. The maximum absolute atomic E-state index is 2.32. The van der Waals surface area contributed by atoms with E-state index in [2.05, 4.69) is 72.8 Å². The molecule has 0 amide bonds.